The number of ether oxygens (including phenoxy) is 1. The van der Waals surface area contributed by atoms with Gasteiger partial charge in [-0.3, -0.25) is 9.59 Å². The van der Waals surface area contributed by atoms with Gasteiger partial charge in [0.15, 0.2) is 5.78 Å². The van der Waals surface area contributed by atoms with Gasteiger partial charge in [0.2, 0.25) is 0 Å². The van der Waals surface area contributed by atoms with Crippen LogP contribution in [0, 0.1) is 20.8 Å². The first-order valence-corrected chi connectivity index (χ1v) is 10.0. The molecule has 0 saturated carbocycles. The number of nitrogens with zero attached hydrogens (tertiary/aromatic N) is 3. The van der Waals surface area contributed by atoms with E-state index in [1.807, 2.05) is 55.7 Å². The SMILES string of the molecule is COC(=O)CCn1c(C)cc(C(=O)CSc2nc(C)nc3ccccc23)c1C. The molecule has 0 aliphatic heterocycles. The summed E-state index contributed by atoms with van der Waals surface area (Å²) in [5.74, 6) is 0.765. The smallest absolute Gasteiger partial charge is 0.307 e. The predicted octanol–water partition coefficient (Wildman–Crippen LogP) is 3.89. The summed E-state index contributed by atoms with van der Waals surface area (Å²) < 4.78 is 6.69. The second-order valence-corrected chi connectivity index (χ2v) is 7.53. The fraction of sp³-hybridized carbons (Fsp3) is 0.333. The number of hydrogen-bond donors (Lipinski definition) is 0. The van der Waals surface area contributed by atoms with Crippen molar-refractivity contribution >= 4 is 34.4 Å². The molecule has 0 N–H and O–H groups in total. The Labute approximate surface area is 168 Å². The third kappa shape index (κ3) is 4.25. The summed E-state index contributed by atoms with van der Waals surface area (Å²) >= 11 is 1.43. The van der Waals surface area contributed by atoms with Crippen LogP contribution in [0.5, 0.6) is 0 Å². The van der Waals surface area contributed by atoms with Crippen molar-refractivity contribution in [3.63, 3.8) is 0 Å². The highest BCUT2D eigenvalue weighted by molar-refractivity contribution is 8.00. The zero-order chi connectivity index (χ0) is 20.3. The van der Waals surface area contributed by atoms with Gasteiger partial charge in [0.05, 0.1) is 24.8 Å². The third-order valence-corrected chi connectivity index (χ3v) is 5.65. The molecular weight excluding hydrogens is 374 g/mol. The van der Waals surface area contributed by atoms with Crippen LogP contribution in [0.2, 0.25) is 0 Å². The number of esters is 1. The molecule has 0 fully saturated rings. The lowest BCUT2D eigenvalue weighted by molar-refractivity contribution is -0.140. The number of ketones is 1. The van der Waals surface area contributed by atoms with Gasteiger partial charge in [-0.05, 0) is 32.9 Å². The highest BCUT2D eigenvalue weighted by Crippen LogP contribution is 2.27. The third-order valence-electron chi connectivity index (χ3n) is 4.66. The lowest BCUT2D eigenvalue weighted by atomic mass is 10.2. The minimum absolute atomic E-state index is 0.0442. The number of hydrogen-bond acceptors (Lipinski definition) is 6. The standard InChI is InChI=1S/C21H23N3O3S/c1-13-11-17(14(2)24(13)10-9-20(26)27-4)19(25)12-28-21-16-7-5-6-8-18(16)22-15(3)23-21/h5-8,11H,9-10,12H2,1-4H3. The van der Waals surface area contributed by atoms with Crippen molar-refractivity contribution in [1.82, 2.24) is 14.5 Å². The number of aryl methyl sites for hydroxylation is 2. The largest absolute Gasteiger partial charge is 0.469 e. The molecule has 1 aromatic carbocycles. The zero-order valence-electron chi connectivity index (χ0n) is 16.5. The number of methoxy groups -OCH3 is 1. The molecule has 0 atom stereocenters. The van der Waals surface area contributed by atoms with Crippen LogP contribution in [-0.2, 0) is 16.1 Å². The van der Waals surface area contributed by atoms with Crippen molar-refractivity contribution in [2.24, 2.45) is 0 Å². The molecule has 0 spiro atoms. The number of thioether (sulfide) groups is 1. The molecular formula is C21H23N3O3S. The first-order valence-electron chi connectivity index (χ1n) is 9.03. The molecule has 28 heavy (non-hydrogen) atoms. The number of Topliss-reactive ketones (excluding diaryl/α,β-unsaturated/α-hetero) is 1. The molecule has 2 heterocycles. The highest BCUT2D eigenvalue weighted by Gasteiger charge is 2.17. The molecule has 0 saturated heterocycles. The zero-order valence-corrected chi connectivity index (χ0v) is 17.3. The summed E-state index contributed by atoms with van der Waals surface area (Å²) in [6.45, 7) is 6.20. The number of aromatic nitrogens is 3. The molecule has 2 aromatic heterocycles. The van der Waals surface area contributed by atoms with E-state index in [9.17, 15) is 9.59 Å². The van der Waals surface area contributed by atoms with Crippen molar-refractivity contribution < 1.29 is 14.3 Å². The minimum atomic E-state index is -0.262. The van der Waals surface area contributed by atoms with E-state index in [-0.39, 0.29) is 18.2 Å². The van der Waals surface area contributed by atoms with Crippen LogP contribution in [0.25, 0.3) is 10.9 Å². The molecule has 0 bridgehead atoms. The van der Waals surface area contributed by atoms with E-state index in [1.54, 1.807) is 0 Å². The molecule has 0 unspecified atom stereocenters. The number of carbonyl (C=O) groups excluding carboxylic acids is 2. The van der Waals surface area contributed by atoms with Crippen molar-refractivity contribution in [3.05, 3.63) is 53.1 Å². The van der Waals surface area contributed by atoms with Crippen molar-refractivity contribution in [2.45, 2.75) is 38.8 Å². The quantitative estimate of drug-likeness (QED) is 0.261. The molecule has 0 aliphatic carbocycles. The van der Waals surface area contributed by atoms with Gasteiger partial charge in [0, 0.05) is 28.9 Å². The average molecular weight is 398 g/mol. The Morgan fingerprint density at radius 2 is 1.89 bits per heavy atom. The predicted molar refractivity (Wildman–Crippen MR) is 110 cm³/mol. The van der Waals surface area contributed by atoms with Crippen LogP contribution < -0.4 is 0 Å². The second-order valence-electron chi connectivity index (χ2n) is 6.57. The van der Waals surface area contributed by atoms with Crippen LogP contribution in [0.15, 0.2) is 35.4 Å². The van der Waals surface area contributed by atoms with Gasteiger partial charge < -0.3 is 9.30 Å². The summed E-state index contributed by atoms with van der Waals surface area (Å²) in [4.78, 5) is 33.2. The second kappa shape index (κ2) is 8.56. The summed E-state index contributed by atoms with van der Waals surface area (Å²) in [5, 5.41) is 1.77. The maximum Gasteiger partial charge on any atom is 0.307 e. The Morgan fingerprint density at radius 1 is 1.14 bits per heavy atom. The molecule has 7 heteroatoms. The van der Waals surface area contributed by atoms with Gasteiger partial charge in [-0.15, -0.1) is 0 Å². The van der Waals surface area contributed by atoms with E-state index in [0.29, 0.717) is 23.7 Å². The molecule has 3 rings (SSSR count). The normalized spacial score (nSPS) is 11.0. The van der Waals surface area contributed by atoms with Crippen molar-refractivity contribution in [3.8, 4) is 0 Å². The van der Waals surface area contributed by atoms with E-state index in [4.69, 9.17) is 4.74 Å². The van der Waals surface area contributed by atoms with Gasteiger partial charge in [-0.2, -0.15) is 0 Å². The van der Waals surface area contributed by atoms with Crippen LogP contribution >= 0.6 is 11.8 Å². The fourth-order valence-electron chi connectivity index (χ4n) is 3.21. The van der Waals surface area contributed by atoms with Gasteiger partial charge in [0.1, 0.15) is 10.9 Å². The topological polar surface area (TPSA) is 74.1 Å². The monoisotopic (exact) mass is 397 g/mol. The maximum absolute atomic E-state index is 12.9. The Balaban J connectivity index is 1.77. The van der Waals surface area contributed by atoms with E-state index in [2.05, 4.69) is 9.97 Å². The molecule has 146 valence electrons. The summed E-state index contributed by atoms with van der Waals surface area (Å²) in [7, 11) is 1.38. The fourth-order valence-corrected chi connectivity index (χ4v) is 4.16. The van der Waals surface area contributed by atoms with Crippen LogP contribution in [0.1, 0.15) is 34.0 Å². The number of benzene rings is 1. The molecule has 3 aromatic rings. The Bertz CT molecular complexity index is 1040. The lowest BCUT2D eigenvalue weighted by Crippen LogP contribution is -2.10. The Hall–Kier alpha value is -2.67. The average Bonchev–Trinajstić information content (AvgIpc) is 2.97. The molecule has 0 radical (unpaired) electrons. The number of fused-ring (bicyclic) bond motifs is 1. The van der Waals surface area contributed by atoms with Gasteiger partial charge in [-0.25, -0.2) is 9.97 Å². The van der Waals surface area contributed by atoms with Crippen LogP contribution in [0.3, 0.4) is 0 Å². The highest BCUT2D eigenvalue weighted by atomic mass is 32.2. The van der Waals surface area contributed by atoms with Crippen molar-refractivity contribution in [1.29, 1.82) is 0 Å². The maximum atomic E-state index is 12.9. The summed E-state index contributed by atoms with van der Waals surface area (Å²) in [5.41, 5.74) is 3.39. The van der Waals surface area contributed by atoms with Crippen LogP contribution in [-0.4, -0.2) is 39.2 Å². The van der Waals surface area contributed by atoms with E-state index in [1.165, 1.54) is 18.9 Å². The van der Waals surface area contributed by atoms with E-state index < -0.39 is 0 Å². The van der Waals surface area contributed by atoms with Gasteiger partial charge >= 0.3 is 5.97 Å². The van der Waals surface area contributed by atoms with E-state index >= 15 is 0 Å². The Morgan fingerprint density at radius 3 is 2.64 bits per heavy atom. The number of carbonyl (C=O) groups is 2. The summed E-state index contributed by atoms with van der Waals surface area (Å²) in [6, 6.07) is 9.70. The lowest BCUT2D eigenvalue weighted by Gasteiger charge is -2.09. The van der Waals surface area contributed by atoms with Gasteiger partial charge in [-0.1, -0.05) is 30.0 Å². The first-order chi connectivity index (χ1) is 13.4. The molecule has 6 nitrogen and oxygen atoms in total. The first kappa shape index (κ1) is 20.1. The van der Waals surface area contributed by atoms with Crippen molar-refractivity contribution in [2.75, 3.05) is 12.9 Å². The number of rotatable bonds is 7. The minimum Gasteiger partial charge on any atom is -0.469 e. The van der Waals surface area contributed by atoms with Gasteiger partial charge in [0.25, 0.3) is 0 Å². The Kier molecular flexibility index (Phi) is 6.14. The van der Waals surface area contributed by atoms with E-state index in [0.717, 1.165) is 27.3 Å². The van der Waals surface area contributed by atoms with Crippen LogP contribution in [0.4, 0.5) is 0 Å². The molecule has 0 amide bonds. The number of para-hydroxylation sites is 1. The molecule has 0 aliphatic rings. The summed E-state index contributed by atoms with van der Waals surface area (Å²) in [6.07, 6.45) is 0.279.